The lowest BCUT2D eigenvalue weighted by atomic mass is 9.32. The zero-order valence-electron chi connectivity index (χ0n) is 26.0. The molecule has 221 valence electrons. The van der Waals surface area contributed by atoms with Crippen LogP contribution in [0.4, 0.5) is 4.79 Å². The maximum absolute atomic E-state index is 12.0. The molecule has 5 aliphatic rings. The molecule has 0 unspecified atom stereocenters. The fraction of sp³-hybridized carbons (Fsp3) is 0.800. The number of rotatable bonds is 4. The Morgan fingerprint density at radius 2 is 1.75 bits per heavy atom. The molecule has 5 nitrogen and oxygen atoms in total. The van der Waals surface area contributed by atoms with Crippen LogP contribution in [0.15, 0.2) is 24.5 Å². The third-order valence-corrected chi connectivity index (χ3v) is 14.7. The second-order valence-corrected chi connectivity index (χ2v) is 16.1. The van der Waals surface area contributed by atoms with Crippen molar-refractivity contribution in [3.63, 3.8) is 0 Å². The number of aromatic nitrogens is 2. The predicted octanol–water partition coefficient (Wildman–Crippen LogP) is 8.61. The smallest absolute Gasteiger partial charge is 0.417 e. The summed E-state index contributed by atoms with van der Waals surface area (Å²) in [6.07, 6.45) is 14.7. The Bertz CT molecular complexity index is 1190. The highest BCUT2D eigenvalue weighted by Crippen LogP contribution is 2.78. The van der Waals surface area contributed by atoms with Gasteiger partial charge in [0.05, 0.1) is 6.61 Å². The van der Waals surface area contributed by atoms with Crippen molar-refractivity contribution in [1.82, 2.24) is 9.55 Å². The van der Waals surface area contributed by atoms with Crippen molar-refractivity contribution >= 4 is 6.09 Å². The highest BCUT2D eigenvalue weighted by Gasteiger charge is 2.70. The van der Waals surface area contributed by atoms with E-state index in [9.17, 15) is 9.90 Å². The van der Waals surface area contributed by atoms with E-state index in [0.717, 1.165) is 18.7 Å². The molecule has 0 aromatic carbocycles. The summed E-state index contributed by atoms with van der Waals surface area (Å²) in [6.45, 7) is 23.0. The van der Waals surface area contributed by atoms with Gasteiger partial charge in [-0.3, -0.25) is 0 Å². The Morgan fingerprint density at radius 1 is 1.00 bits per heavy atom. The topological polar surface area (TPSA) is 64.4 Å². The van der Waals surface area contributed by atoms with Crippen molar-refractivity contribution < 1.29 is 14.6 Å². The van der Waals surface area contributed by atoms with E-state index in [4.69, 9.17) is 11.7 Å². The molecule has 5 saturated carbocycles. The van der Waals surface area contributed by atoms with E-state index < -0.39 is 6.09 Å². The molecular weight excluding hydrogens is 496 g/mol. The second-order valence-electron chi connectivity index (χ2n) is 16.1. The van der Waals surface area contributed by atoms with Crippen LogP contribution in [0.25, 0.3) is 0 Å². The van der Waals surface area contributed by atoms with Gasteiger partial charge in [-0.25, -0.2) is 14.3 Å². The Morgan fingerprint density at radius 3 is 2.45 bits per heavy atom. The van der Waals surface area contributed by atoms with Crippen LogP contribution in [-0.4, -0.2) is 34.5 Å². The van der Waals surface area contributed by atoms with Crippen LogP contribution in [0.3, 0.4) is 0 Å². The van der Waals surface area contributed by atoms with E-state index >= 15 is 0 Å². The van der Waals surface area contributed by atoms with Gasteiger partial charge in [-0.1, -0.05) is 41.2 Å². The van der Waals surface area contributed by atoms with Gasteiger partial charge in [0.1, 0.15) is 5.82 Å². The molecule has 10 atom stereocenters. The first kappa shape index (κ1) is 28.5. The van der Waals surface area contributed by atoms with E-state index in [1.165, 1.54) is 61.5 Å². The molecule has 1 aromatic heterocycles. The lowest BCUT2D eigenvalue weighted by molar-refractivity contribution is -0.236. The Hall–Kier alpha value is -1.62. The van der Waals surface area contributed by atoms with E-state index in [1.807, 2.05) is 0 Å². The third-order valence-electron chi connectivity index (χ3n) is 14.7. The number of hydrogen-bond acceptors (Lipinski definition) is 3. The van der Waals surface area contributed by atoms with Gasteiger partial charge in [-0.05, 0) is 133 Å². The summed E-state index contributed by atoms with van der Waals surface area (Å²) < 4.78 is 6.96. The molecule has 0 spiro atoms. The number of nitrogens with zero attached hydrogens (tertiary/aromatic N) is 2. The van der Waals surface area contributed by atoms with Crippen LogP contribution in [0.2, 0.25) is 0 Å². The first-order valence-electron chi connectivity index (χ1n) is 16.0. The molecule has 5 aliphatic carbocycles. The van der Waals surface area contributed by atoms with Crippen LogP contribution >= 0.6 is 0 Å². The predicted molar refractivity (Wildman–Crippen MR) is 159 cm³/mol. The largest absolute Gasteiger partial charge is 0.464 e. The van der Waals surface area contributed by atoms with Crippen LogP contribution in [-0.2, 0) is 4.74 Å². The standard InChI is InChI=1S/C35H53N2O3/c1-22(21-40-8)23-11-14-32(4)17-18-34(6)24(28(23)32)9-10-27-33(5)15-12-25(29-36-19-20-37(29)30(38)39)31(2,3)26(33)13-16-35(27,34)7/h19-20,23-28H,1,4,9-18,21H2,2-3,5-8H3,(H,38,39)/t23-,24+,25+,26-,27+,28+,32+,33-,34+,35+/m0/s1. The molecule has 6 rings (SSSR count). The summed E-state index contributed by atoms with van der Waals surface area (Å²) in [6, 6.07) is 0. The first-order chi connectivity index (χ1) is 18.7. The number of imidazole rings is 1. The highest BCUT2D eigenvalue weighted by molar-refractivity contribution is 5.68. The molecule has 5 fully saturated rings. The van der Waals surface area contributed by atoms with Crippen molar-refractivity contribution in [3.8, 4) is 0 Å². The Kier molecular flexibility index (Phi) is 6.55. The summed E-state index contributed by atoms with van der Waals surface area (Å²) in [4.78, 5) is 16.6. The van der Waals surface area contributed by atoms with Crippen LogP contribution in [0, 0.1) is 63.6 Å². The van der Waals surface area contributed by atoms with Crippen molar-refractivity contribution in [1.29, 1.82) is 0 Å². The quantitative estimate of drug-likeness (QED) is 0.382. The fourth-order valence-corrected chi connectivity index (χ4v) is 12.7. The molecule has 5 heteroatoms. The summed E-state index contributed by atoms with van der Waals surface area (Å²) in [5, 5.41) is 9.84. The summed E-state index contributed by atoms with van der Waals surface area (Å²) in [7, 11) is 1.80. The minimum atomic E-state index is -0.920. The maximum Gasteiger partial charge on any atom is 0.417 e. The van der Waals surface area contributed by atoms with Gasteiger partial charge in [-0.2, -0.15) is 0 Å². The monoisotopic (exact) mass is 549 g/mol. The summed E-state index contributed by atoms with van der Waals surface area (Å²) in [5.74, 6) is 4.03. The molecule has 0 amide bonds. The van der Waals surface area contributed by atoms with E-state index in [1.54, 1.807) is 19.5 Å². The lowest BCUT2D eigenvalue weighted by Crippen LogP contribution is -2.66. The molecule has 0 aliphatic heterocycles. The van der Waals surface area contributed by atoms with Crippen molar-refractivity contribution in [2.45, 2.75) is 105 Å². The molecular formula is C35H53N2O3. The molecule has 0 saturated heterocycles. The average molecular weight is 550 g/mol. The highest BCUT2D eigenvalue weighted by atomic mass is 16.5. The van der Waals surface area contributed by atoms with Gasteiger partial charge in [-0.15, -0.1) is 0 Å². The Balaban J connectivity index is 1.33. The van der Waals surface area contributed by atoms with Gasteiger partial charge in [0.2, 0.25) is 0 Å². The van der Waals surface area contributed by atoms with Gasteiger partial charge in [0.15, 0.2) is 0 Å². The van der Waals surface area contributed by atoms with Crippen LogP contribution < -0.4 is 0 Å². The normalized spacial score (nSPS) is 47.5. The van der Waals surface area contributed by atoms with Crippen LogP contribution in [0.5, 0.6) is 0 Å². The molecule has 1 radical (unpaired) electrons. The molecule has 40 heavy (non-hydrogen) atoms. The van der Waals surface area contributed by atoms with Crippen LogP contribution in [0.1, 0.15) is 111 Å². The number of ether oxygens (including phenoxy) is 1. The lowest BCUT2D eigenvalue weighted by Gasteiger charge is -2.73. The average Bonchev–Trinajstić information content (AvgIpc) is 3.49. The van der Waals surface area contributed by atoms with Gasteiger partial charge < -0.3 is 9.84 Å². The van der Waals surface area contributed by atoms with E-state index in [-0.39, 0.29) is 22.2 Å². The van der Waals surface area contributed by atoms with Crippen molar-refractivity contribution in [2.75, 3.05) is 13.7 Å². The van der Waals surface area contributed by atoms with E-state index in [0.29, 0.717) is 47.0 Å². The molecule has 1 heterocycles. The maximum atomic E-state index is 12.0. The first-order valence-corrected chi connectivity index (χ1v) is 16.0. The minimum absolute atomic E-state index is 0.00582. The molecule has 0 bridgehead atoms. The number of carbonyl (C=O) groups is 1. The zero-order valence-corrected chi connectivity index (χ0v) is 26.0. The van der Waals surface area contributed by atoms with Crippen molar-refractivity contribution in [3.05, 3.63) is 37.3 Å². The second kappa shape index (κ2) is 9.19. The number of methoxy groups -OCH3 is 1. The summed E-state index contributed by atoms with van der Waals surface area (Å²) in [5.41, 5.74) is 2.36. The third kappa shape index (κ3) is 3.61. The fourth-order valence-electron chi connectivity index (χ4n) is 12.7. The van der Waals surface area contributed by atoms with Gasteiger partial charge in [0.25, 0.3) is 0 Å². The minimum Gasteiger partial charge on any atom is -0.464 e. The van der Waals surface area contributed by atoms with Gasteiger partial charge >= 0.3 is 6.09 Å². The molecule has 1 N–H and O–H groups in total. The number of carboxylic acid groups (broad SMARTS) is 1. The molecule has 1 aromatic rings. The zero-order chi connectivity index (χ0) is 28.9. The van der Waals surface area contributed by atoms with E-state index in [2.05, 4.69) is 46.2 Å². The Labute approximate surface area is 242 Å². The number of hydrogen-bond donors (Lipinski definition) is 1. The van der Waals surface area contributed by atoms with Gasteiger partial charge in [0, 0.05) is 25.4 Å². The van der Waals surface area contributed by atoms with Crippen molar-refractivity contribution in [2.24, 2.45) is 56.7 Å². The SMILES string of the molecule is [CH2][C@]12CC[C@@H](C(=C)COC)[C@@H]1[C@H]1CC[C@@H]3[C@@]4(C)CC[C@H](c5nccn5C(=O)O)C(C)(C)[C@@H]4CC[C@@]3(C)[C@]1(C)CC2. The number of fused-ring (bicyclic) bond motifs is 7. The summed E-state index contributed by atoms with van der Waals surface area (Å²) >= 11 is 0.